The fourth-order valence-electron chi connectivity index (χ4n) is 3.98. The van der Waals surface area contributed by atoms with E-state index in [1.807, 2.05) is 0 Å². The molecule has 19 heavy (non-hydrogen) atoms. The first-order valence-electron chi connectivity index (χ1n) is 8.51. The third kappa shape index (κ3) is 3.95. The second-order valence-corrected chi connectivity index (χ2v) is 7.62. The first kappa shape index (κ1) is 15.3. The van der Waals surface area contributed by atoms with Gasteiger partial charge < -0.3 is 5.32 Å². The number of hydrogen-bond acceptors (Lipinski definition) is 2. The lowest BCUT2D eigenvalue weighted by Crippen LogP contribution is -2.59. The molecular formula is C17H34N2. The van der Waals surface area contributed by atoms with Crippen LogP contribution in [0.15, 0.2) is 0 Å². The predicted octanol–water partition coefficient (Wildman–Crippen LogP) is 3.67. The van der Waals surface area contributed by atoms with E-state index in [1.54, 1.807) is 0 Å². The average Bonchev–Trinajstić information content (AvgIpc) is 2.39. The highest BCUT2D eigenvalue weighted by molar-refractivity contribution is 4.91. The quantitative estimate of drug-likeness (QED) is 0.835. The van der Waals surface area contributed by atoms with Gasteiger partial charge in [0, 0.05) is 31.7 Å². The Balaban J connectivity index is 1.97. The van der Waals surface area contributed by atoms with Crippen LogP contribution >= 0.6 is 0 Å². The van der Waals surface area contributed by atoms with E-state index in [0.29, 0.717) is 11.5 Å². The van der Waals surface area contributed by atoms with Crippen LogP contribution in [0.3, 0.4) is 0 Å². The SMILES string of the molecule is CCC1CNC(C(C)C)CN1CC1(C)CCCCC1. The van der Waals surface area contributed by atoms with Gasteiger partial charge >= 0.3 is 0 Å². The minimum absolute atomic E-state index is 0.588. The Morgan fingerprint density at radius 2 is 1.89 bits per heavy atom. The molecule has 0 aromatic rings. The summed E-state index contributed by atoms with van der Waals surface area (Å²) in [5.41, 5.74) is 0.588. The molecule has 0 aromatic heterocycles. The third-order valence-corrected chi connectivity index (χ3v) is 5.48. The van der Waals surface area contributed by atoms with Gasteiger partial charge in [-0.05, 0) is 30.6 Å². The maximum absolute atomic E-state index is 3.76. The number of nitrogens with zero attached hydrogens (tertiary/aromatic N) is 1. The fraction of sp³-hybridized carbons (Fsp3) is 1.00. The zero-order chi connectivity index (χ0) is 13.9. The van der Waals surface area contributed by atoms with Crippen molar-refractivity contribution in [2.75, 3.05) is 19.6 Å². The Morgan fingerprint density at radius 3 is 2.47 bits per heavy atom. The molecule has 1 heterocycles. The second kappa shape index (κ2) is 6.58. The highest BCUT2D eigenvalue weighted by atomic mass is 15.2. The first-order valence-corrected chi connectivity index (χ1v) is 8.51. The molecule has 0 radical (unpaired) electrons. The molecule has 112 valence electrons. The van der Waals surface area contributed by atoms with Gasteiger partial charge in [0.15, 0.2) is 0 Å². The summed E-state index contributed by atoms with van der Waals surface area (Å²) in [6.45, 7) is 13.4. The van der Waals surface area contributed by atoms with E-state index in [0.717, 1.165) is 12.0 Å². The van der Waals surface area contributed by atoms with Crippen LogP contribution < -0.4 is 5.32 Å². The summed E-state index contributed by atoms with van der Waals surface area (Å²) >= 11 is 0. The third-order valence-electron chi connectivity index (χ3n) is 5.48. The van der Waals surface area contributed by atoms with Gasteiger partial charge in [-0.25, -0.2) is 0 Å². The molecule has 0 amide bonds. The van der Waals surface area contributed by atoms with Crippen molar-refractivity contribution < 1.29 is 0 Å². The van der Waals surface area contributed by atoms with Gasteiger partial charge in [-0.15, -0.1) is 0 Å². The van der Waals surface area contributed by atoms with Gasteiger partial charge in [-0.1, -0.05) is 47.0 Å². The van der Waals surface area contributed by atoms with Gasteiger partial charge in [-0.2, -0.15) is 0 Å². The van der Waals surface area contributed by atoms with Crippen LogP contribution in [0.5, 0.6) is 0 Å². The molecule has 2 rings (SSSR count). The van der Waals surface area contributed by atoms with Crippen molar-refractivity contribution in [3.8, 4) is 0 Å². The summed E-state index contributed by atoms with van der Waals surface area (Å²) < 4.78 is 0. The lowest BCUT2D eigenvalue weighted by molar-refractivity contribution is 0.0484. The first-order chi connectivity index (χ1) is 9.04. The van der Waals surface area contributed by atoms with E-state index < -0.39 is 0 Å². The van der Waals surface area contributed by atoms with Crippen LogP contribution in [0.25, 0.3) is 0 Å². The van der Waals surface area contributed by atoms with Gasteiger partial charge in [0.2, 0.25) is 0 Å². The molecule has 1 saturated carbocycles. The van der Waals surface area contributed by atoms with E-state index in [-0.39, 0.29) is 0 Å². The van der Waals surface area contributed by atoms with Crippen molar-refractivity contribution in [1.82, 2.24) is 10.2 Å². The largest absolute Gasteiger partial charge is 0.311 e. The molecule has 2 aliphatic rings. The lowest BCUT2D eigenvalue weighted by atomic mass is 9.75. The zero-order valence-electron chi connectivity index (χ0n) is 13.5. The molecule has 0 spiro atoms. The molecular weight excluding hydrogens is 232 g/mol. The van der Waals surface area contributed by atoms with E-state index in [9.17, 15) is 0 Å². The van der Waals surface area contributed by atoms with Gasteiger partial charge in [0.1, 0.15) is 0 Å². The summed E-state index contributed by atoms with van der Waals surface area (Å²) in [6.07, 6.45) is 8.54. The smallest absolute Gasteiger partial charge is 0.0219 e. The van der Waals surface area contributed by atoms with Crippen molar-refractivity contribution >= 4 is 0 Å². The van der Waals surface area contributed by atoms with Crippen molar-refractivity contribution in [3.63, 3.8) is 0 Å². The maximum Gasteiger partial charge on any atom is 0.0219 e. The van der Waals surface area contributed by atoms with E-state index in [1.165, 1.54) is 58.2 Å². The summed E-state index contributed by atoms with van der Waals surface area (Å²) in [6, 6.07) is 1.45. The molecule has 2 heteroatoms. The molecule has 0 bridgehead atoms. The zero-order valence-corrected chi connectivity index (χ0v) is 13.5. The minimum Gasteiger partial charge on any atom is -0.311 e. The molecule has 1 N–H and O–H groups in total. The Bertz CT molecular complexity index is 268. The second-order valence-electron chi connectivity index (χ2n) is 7.62. The summed E-state index contributed by atoms with van der Waals surface area (Å²) in [7, 11) is 0. The molecule has 2 atom stereocenters. The number of hydrogen-bond donors (Lipinski definition) is 1. The molecule has 2 unspecified atom stereocenters. The van der Waals surface area contributed by atoms with Crippen molar-refractivity contribution in [3.05, 3.63) is 0 Å². The topological polar surface area (TPSA) is 15.3 Å². The lowest BCUT2D eigenvalue weighted by Gasteiger charge is -2.46. The number of nitrogens with one attached hydrogen (secondary N) is 1. The summed E-state index contributed by atoms with van der Waals surface area (Å²) in [5, 5.41) is 3.76. The van der Waals surface area contributed by atoms with Crippen LogP contribution in [0.4, 0.5) is 0 Å². The van der Waals surface area contributed by atoms with Crippen LogP contribution in [0, 0.1) is 11.3 Å². The average molecular weight is 266 g/mol. The van der Waals surface area contributed by atoms with Crippen LogP contribution in [-0.4, -0.2) is 36.6 Å². The summed E-state index contributed by atoms with van der Waals surface area (Å²) in [5.74, 6) is 0.750. The normalized spacial score (nSPS) is 32.7. The van der Waals surface area contributed by atoms with E-state index >= 15 is 0 Å². The molecule has 0 aromatic carbocycles. The van der Waals surface area contributed by atoms with E-state index in [4.69, 9.17) is 0 Å². The molecule has 1 aliphatic carbocycles. The highest BCUT2D eigenvalue weighted by Gasteiger charge is 2.34. The molecule has 2 fully saturated rings. The number of rotatable bonds is 4. The van der Waals surface area contributed by atoms with Crippen molar-refractivity contribution in [2.24, 2.45) is 11.3 Å². The highest BCUT2D eigenvalue weighted by Crippen LogP contribution is 2.37. The van der Waals surface area contributed by atoms with Crippen LogP contribution in [0.2, 0.25) is 0 Å². The van der Waals surface area contributed by atoms with Gasteiger partial charge in [0.25, 0.3) is 0 Å². The molecule has 1 saturated heterocycles. The Kier molecular flexibility index (Phi) is 5.30. The van der Waals surface area contributed by atoms with Crippen molar-refractivity contribution in [1.29, 1.82) is 0 Å². The fourth-order valence-corrected chi connectivity index (χ4v) is 3.98. The van der Waals surface area contributed by atoms with E-state index in [2.05, 4.69) is 37.9 Å². The Morgan fingerprint density at radius 1 is 1.21 bits per heavy atom. The van der Waals surface area contributed by atoms with Crippen LogP contribution in [0.1, 0.15) is 66.2 Å². The van der Waals surface area contributed by atoms with Gasteiger partial charge in [0.05, 0.1) is 0 Å². The standard InChI is InChI=1S/C17H34N2/c1-5-15-11-18-16(14(2)3)12-19(15)13-17(4)9-7-6-8-10-17/h14-16,18H,5-13H2,1-4H3. The van der Waals surface area contributed by atoms with Gasteiger partial charge in [-0.3, -0.25) is 4.90 Å². The van der Waals surface area contributed by atoms with Crippen LogP contribution in [-0.2, 0) is 0 Å². The van der Waals surface area contributed by atoms with Crippen molar-refractivity contribution in [2.45, 2.75) is 78.3 Å². The molecule has 1 aliphatic heterocycles. The Labute approximate surface area is 120 Å². The predicted molar refractivity (Wildman–Crippen MR) is 83.5 cm³/mol. The number of piperazine rings is 1. The minimum atomic E-state index is 0.588. The molecule has 2 nitrogen and oxygen atoms in total. The maximum atomic E-state index is 3.76. The Hall–Kier alpha value is -0.0800. The summed E-state index contributed by atoms with van der Waals surface area (Å²) in [4.78, 5) is 2.81. The monoisotopic (exact) mass is 266 g/mol.